The van der Waals surface area contributed by atoms with Gasteiger partial charge in [0.05, 0.1) is 16.4 Å². The molecule has 3 rings (SSSR count). The maximum Gasteiger partial charge on any atom is 0.127 e. The molecule has 1 fully saturated rings. The van der Waals surface area contributed by atoms with Crippen molar-refractivity contribution in [1.82, 2.24) is 9.55 Å². The summed E-state index contributed by atoms with van der Waals surface area (Å²) in [7, 11) is 0. The molecule has 1 unspecified atom stereocenters. The zero-order valence-corrected chi connectivity index (χ0v) is 12.8. The maximum absolute atomic E-state index is 13.6. The van der Waals surface area contributed by atoms with Gasteiger partial charge in [-0.25, -0.2) is 9.37 Å². The Morgan fingerprint density at radius 1 is 1.40 bits per heavy atom. The number of fused-ring (bicyclic) bond motifs is 1. The number of imidazole rings is 1. The van der Waals surface area contributed by atoms with E-state index in [1.807, 2.05) is 6.92 Å². The third kappa shape index (κ3) is 2.44. The standard InChI is InChI=1S/C16H20ClFN2/c1-11(17)15-19-13-6-5-12(18)9-14(13)20(15)10-16(2)7-3-4-8-16/h5-6,9,11H,3-4,7-8,10H2,1-2H3. The van der Waals surface area contributed by atoms with E-state index >= 15 is 0 Å². The van der Waals surface area contributed by atoms with Gasteiger partial charge >= 0.3 is 0 Å². The van der Waals surface area contributed by atoms with Crippen molar-refractivity contribution in [2.75, 3.05) is 0 Å². The van der Waals surface area contributed by atoms with Crippen LogP contribution in [0.4, 0.5) is 4.39 Å². The van der Waals surface area contributed by atoms with Gasteiger partial charge in [0.25, 0.3) is 0 Å². The third-order valence-corrected chi connectivity index (χ3v) is 4.64. The fourth-order valence-corrected chi connectivity index (χ4v) is 3.52. The van der Waals surface area contributed by atoms with Crippen molar-refractivity contribution in [3.05, 3.63) is 29.8 Å². The molecule has 0 amide bonds. The largest absolute Gasteiger partial charge is 0.326 e. The molecule has 108 valence electrons. The first-order valence-electron chi connectivity index (χ1n) is 7.28. The number of alkyl halides is 1. The SMILES string of the molecule is CC(Cl)c1nc2ccc(F)cc2n1CC1(C)CCCC1. The van der Waals surface area contributed by atoms with E-state index in [0.717, 1.165) is 23.4 Å². The van der Waals surface area contributed by atoms with Gasteiger partial charge in [-0.1, -0.05) is 19.8 Å². The Labute approximate surface area is 123 Å². The molecule has 1 aliphatic rings. The highest BCUT2D eigenvalue weighted by atomic mass is 35.5. The average molecular weight is 295 g/mol. The average Bonchev–Trinajstić information content (AvgIpc) is 2.95. The van der Waals surface area contributed by atoms with E-state index in [1.54, 1.807) is 12.1 Å². The van der Waals surface area contributed by atoms with Crippen LogP contribution in [0, 0.1) is 11.2 Å². The van der Waals surface area contributed by atoms with Crippen molar-refractivity contribution < 1.29 is 4.39 Å². The molecule has 4 heteroatoms. The Kier molecular flexibility index (Phi) is 3.49. The van der Waals surface area contributed by atoms with Gasteiger partial charge in [-0.2, -0.15) is 0 Å². The minimum Gasteiger partial charge on any atom is -0.326 e. The summed E-state index contributed by atoms with van der Waals surface area (Å²) in [5.74, 6) is 0.629. The summed E-state index contributed by atoms with van der Waals surface area (Å²) >= 11 is 6.27. The molecule has 0 bridgehead atoms. The quantitative estimate of drug-likeness (QED) is 0.724. The summed E-state index contributed by atoms with van der Waals surface area (Å²) < 4.78 is 15.7. The predicted molar refractivity (Wildman–Crippen MR) is 80.5 cm³/mol. The molecule has 1 aliphatic carbocycles. The summed E-state index contributed by atoms with van der Waals surface area (Å²) in [5.41, 5.74) is 1.97. The molecule has 2 aromatic rings. The molecular formula is C16H20ClFN2. The van der Waals surface area contributed by atoms with Gasteiger partial charge < -0.3 is 4.57 Å². The van der Waals surface area contributed by atoms with Crippen molar-refractivity contribution in [2.24, 2.45) is 5.41 Å². The molecule has 0 spiro atoms. The number of hydrogen-bond acceptors (Lipinski definition) is 1. The number of benzene rings is 1. The Morgan fingerprint density at radius 3 is 2.75 bits per heavy atom. The Bertz CT molecular complexity index is 627. The van der Waals surface area contributed by atoms with Crippen LogP contribution in [0.1, 0.15) is 50.7 Å². The molecule has 0 radical (unpaired) electrons. The van der Waals surface area contributed by atoms with Crippen molar-refractivity contribution in [2.45, 2.75) is 51.5 Å². The monoisotopic (exact) mass is 294 g/mol. The van der Waals surface area contributed by atoms with Gasteiger partial charge in [0.2, 0.25) is 0 Å². The van der Waals surface area contributed by atoms with Crippen LogP contribution in [-0.4, -0.2) is 9.55 Å². The minimum atomic E-state index is -0.219. The summed E-state index contributed by atoms with van der Waals surface area (Å²) in [6.45, 7) is 5.11. The Morgan fingerprint density at radius 2 is 2.10 bits per heavy atom. The van der Waals surface area contributed by atoms with E-state index in [-0.39, 0.29) is 16.6 Å². The molecule has 1 saturated carbocycles. The second-order valence-corrected chi connectivity index (χ2v) is 6.98. The molecule has 2 nitrogen and oxygen atoms in total. The van der Waals surface area contributed by atoms with Crippen LogP contribution in [-0.2, 0) is 6.54 Å². The first-order chi connectivity index (χ1) is 9.48. The normalized spacial score (nSPS) is 19.6. The number of nitrogens with zero attached hydrogens (tertiary/aromatic N) is 2. The van der Waals surface area contributed by atoms with Gasteiger partial charge in [0.15, 0.2) is 0 Å². The van der Waals surface area contributed by atoms with Crippen molar-refractivity contribution in [3.63, 3.8) is 0 Å². The summed E-state index contributed by atoms with van der Waals surface area (Å²) in [5, 5.41) is -0.171. The lowest BCUT2D eigenvalue weighted by Crippen LogP contribution is -2.21. The predicted octanol–water partition coefficient (Wildman–Crippen LogP) is 5.06. The third-order valence-electron chi connectivity index (χ3n) is 4.45. The fraction of sp³-hybridized carbons (Fsp3) is 0.562. The minimum absolute atomic E-state index is 0.171. The highest BCUT2D eigenvalue weighted by Crippen LogP contribution is 2.40. The van der Waals surface area contributed by atoms with Crippen molar-refractivity contribution >= 4 is 22.6 Å². The van der Waals surface area contributed by atoms with E-state index in [0.29, 0.717) is 0 Å². The van der Waals surface area contributed by atoms with Crippen LogP contribution >= 0.6 is 11.6 Å². The van der Waals surface area contributed by atoms with Crippen LogP contribution in [0.2, 0.25) is 0 Å². The molecule has 0 aliphatic heterocycles. The van der Waals surface area contributed by atoms with Gasteiger partial charge in [0.1, 0.15) is 11.6 Å². The molecule has 1 heterocycles. The molecule has 20 heavy (non-hydrogen) atoms. The summed E-state index contributed by atoms with van der Waals surface area (Å²) in [6, 6.07) is 4.77. The zero-order chi connectivity index (χ0) is 14.3. The van der Waals surface area contributed by atoms with Crippen LogP contribution in [0.15, 0.2) is 18.2 Å². The molecule has 0 N–H and O–H groups in total. The highest BCUT2D eigenvalue weighted by Gasteiger charge is 2.31. The second kappa shape index (κ2) is 5.03. The Balaban J connectivity index is 2.10. The number of aromatic nitrogens is 2. The van der Waals surface area contributed by atoms with Gasteiger partial charge in [-0.05, 0) is 43.4 Å². The first kappa shape index (κ1) is 13.9. The van der Waals surface area contributed by atoms with Crippen LogP contribution in [0.25, 0.3) is 11.0 Å². The van der Waals surface area contributed by atoms with Gasteiger partial charge in [-0.3, -0.25) is 0 Å². The highest BCUT2D eigenvalue weighted by molar-refractivity contribution is 6.20. The van der Waals surface area contributed by atoms with Crippen LogP contribution < -0.4 is 0 Å². The van der Waals surface area contributed by atoms with Crippen molar-refractivity contribution in [3.8, 4) is 0 Å². The van der Waals surface area contributed by atoms with Crippen molar-refractivity contribution in [1.29, 1.82) is 0 Å². The van der Waals surface area contributed by atoms with E-state index in [4.69, 9.17) is 11.6 Å². The van der Waals surface area contributed by atoms with E-state index < -0.39 is 0 Å². The summed E-state index contributed by atoms with van der Waals surface area (Å²) in [6.07, 6.45) is 5.00. The lowest BCUT2D eigenvalue weighted by molar-refractivity contribution is 0.281. The van der Waals surface area contributed by atoms with Crippen LogP contribution in [0.5, 0.6) is 0 Å². The fourth-order valence-electron chi connectivity index (χ4n) is 3.35. The Hall–Kier alpha value is -1.09. The lowest BCUT2D eigenvalue weighted by atomic mass is 9.88. The molecule has 1 aromatic carbocycles. The molecule has 0 saturated heterocycles. The summed E-state index contributed by atoms with van der Waals surface area (Å²) in [4.78, 5) is 4.59. The zero-order valence-electron chi connectivity index (χ0n) is 12.0. The molecule has 1 aromatic heterocycles. The second-order valence-electron chi connectivity index (χ2n) is 6.32. The van der Waals surface area contributed by atoms with E-state index in [2.05, 4.69) is 16.5 Å². The molecule has 1 atom stereocenters. The van der Waals surface area contributed by atoms with Crippen LogP contribution in [0.3, 0.4) is 0 Å². The topological polar surface area (TPSA) is 17.8 Å². The molecular weight excluding hydrogens is 275 g/mol. The first-order valence-corrected chi connectivity index (χ1v) is 7.72. The number of halogens is 2. The number of rotatable bonds is 3. The number of hydrogen-bond donors (Lipinski definition) is 0. The van der Waals surface area contributed by atoms with Gasteiger partial charge in [-0.15, -0.1) is 11.6 Å². The lowest BCUT2D eigenvalue weighted by Gasteiger charge is -2.26. The van der Waals surface area contributed by atoms with Gasteiger partial charge in [0, 0.05) is 6.54 Å². The van der Waals surface area contributed by atoms with E-state index in [9.17, 15) is 4.39 Å². The van der Waals surface area contributed by atoms with E-state index in [1.165, 1.54) is 31.7 Å². The smallest absolute Gasteiger partial charge is 0.127 e. The maximum atomic E-state index is 13.6.